The van der Waals surface area contributed by atoms with Gasteiger partial charge in [0.15, 0.2) is 0 Å². The van der Waals surface area contributed by atoms with Gasteiger partial charge in [-0.2, -0.15) is 0 Å². The number of nitrogens with one attached hydrogen (secondary N) is 1. The molecule has 3 atom stereocenters. The molecule has 0 aliphatic heterocycles. The predicted octanol–water partition coefficient (Wildman–Crippen LogP) is 6.73. The first-order chi connectivity index (χ1) is 16.5. The minimum atomic E-state index is -0.275. The number of ether oxygens (including phenoxy) is 1. The molecule has 4 aromatic carbocycles. The van der Waals surface area contributed by atoms with Gasteiger partial charge < -0.3 is 10.1 Å². The Hall–Kier alpha value is -3.43. The molecule has 172 valence electrons. The van der Waals surface area contributed by atoms with Crippen molar-refractivity contribution in [2.75, 3.05) is 7.11 Å². The highest BCUT2D eigenvalue weighted by atomic mass is 16.5. The fourth-order valence-corrected chi connectivity index (χ4v) is 5.52. The quantitative estimate of drug-likeness (QED) is 0.343. The van der Waals surface area contributed by atoms with Gasteiger partial charge in [0.05, 0.1) is 12.7 Å². The normalized spacial score (nSPS) is 18.3. The summed E-state index contributed by atoms with van der Waals surface area (Å²) < 4.78 is 5.04. The van der Waals surface area contributed by atoms with E-state index in [-0.39, 0.29) is 17.9 Å². The van der Waals surface area contributed by atoms with Gasteiger partial charge in [-0.05, 0) is 71.3 Å². The van der Waals surface area contributed by atoms with E-state index in [0.717, 1.165) is 18.4 Å². The molecule has 1 aliphatic rings. The summed E-state index contributed by atoms with van der Waals surface area (Å²) in [6.07, 6.45) is 1.98. The summed E-state index contributed by atoms with van der Waals surface area (Å²) in [5, 5.41) is 6.51. The molecule has 34 heavy (non-hydrogen) atoms. The Balaban J connectivity index is 1.47. The van der Waals surface area contributed by atoms with Crippen molar-refractivity contribution in [1.29, 1.82) is 0 Å². The number of rotatable bonds is 5. The molecule has 5 rings (SSSR count). The molecule has 0 spiro atoms. The number of aryl methyl sites for hydroxylation is 1. The molecule has 0 amide bonds. The number of esters is 1. The van der Waals surface area contributed by atoms with Gasteiger partial charge >= 0.3 is 5.97 Å². The average Bonchev–Trinajstić information content (AvgIpc) is 2.87. The van der Waals surface area contributed by atoms with E-state index in [9.17, 15) is 4.79 Å². The standard InChI is InChI=1S/C31H31NO2/c1-20-15-16-24(18-29(20)31(33)34-3)30-19-25(17-23-10-5-7-13-28(23)30)32-21(2)26-14-8-11-22-9-4-6-12-27(22)26/h4-16,18,21,25,30,32H,17,19H2,1-3H3. The second-order valence-corrected chi connectivity index (χ2v) is 9.41. The van der Waals surface area contributed by atoms with Crippen LogP contribution in [0.1, 0.15) is 63.5 Å². The van der Waals surface area contributed by atoms with Crippen molar-refractivity contribution in [3.05, 3.63) is 118 Å². The van der Waals surface area contributed by atoms with Crippen molar-refractivity contribution in [1.82, 2.24) is 5.32 Å². The minimum Gasteiger partial charge on any atom is -0.465 e. The van der Waals surface area contributed by atoms with Crippen LogP contribution in [0.3, 0.4) is 0 Å². The maximum Gasteiger partial charge on any atom is 0.338 e. The van der Waals surface area contributed by atoms with E-state index in [4.69, 9.17) is 4.74 Å². The molecule has 0 bridgehead atoms. The zero-order valence-corrected chi connectivity index (χ0v) is 20.0. The summed E-state index contributed by atoms with van der Waals surface area (Å²) in [7, 11) is 1.44. The van der Waals surface area contributed by atoms with Crippen molar-refractivity contribution in [2.24, 2.45) is 0 Å². The Morgan fingerprint density at radius 1 is 0.971 bits per heavy atom. The van der Waals surface area contributed by atoms with Gasteiger partial charge in [-0.25, -0.2) is 4.79 Å². The van der Waals surface area contributed by atoms with Gasteiger partial charge in [0.1, 0.15) is 0 Å². The van der Waals surface area contributed by atoms with Crippen molar-refractivity contribution in [3.8, 4) is 0 Å². The van der Waals surface area contributed by atoms with Crippen LogP contribution in [0.4, 0.5) is 0 Å². The van der Waals surface area contributed by atoms with Gasteiger partial charge in [-0.3, -0.25) is 0 Å². The van der Waals surface area contributed by atoms with E-state index in [1.807, 2.05) is 19.1 Å². The largest absolute Gasteiger partial charge is 0.465 e. The van der Waals surface area contributed by atoms with E-state index in [0.29, 0.717) is 11.6 Å². The fourth-order valence-electron chi connectivity index (χ4n) is 5.52. The van der Waals surface area contributed by atoms with Crippen molar-refractivity contribution < 1.29 is 9.53 Å². The highest BCUT2D eigenvalue weighted by Gasteiger charge is 2.29. The first-order valence-electron chi connectivity index (χ1n) is 12.1. The number of carbonyl (C=O) groups is 1. The molecule has 3 nitrogen and oxygen atoms in total. The van der Waals surface area contributed by atoms with Crippen LogP contribution in [0.25, 0.3) is 10.8 Å². The van der Waals surface area contributed by atoms with E-state index >= 15 is 0 Å². The lowest BCUT2D eigenvalue weighted by Crippen LogP contribution is -2.38. The van der Waals surface area contributed by atoms with Crippen LogP contribution in [0, 0.1) is 6.92 Å². The number of fused-ring (bicyclic) bond motifs is 2. The molecular weight excluding hydrogens is 418 g/mol. The third kappa shape index (κ3) is 4.24. The smallest absolute Gasteiger partial charge is 0.338 e. The minimum absolute atomic E-state index is 0.227. The molecule has 0 heterocycles. The second-order valence-electron chi connectivity index (χ2n) is 9.41. The monoisotopic (exact) mass is 449 g/mol. The number of methoxy groups -OCH3 is 1. The lowest BCUT2D eigenvalue weighted by Gasteiger charge is -2.34. The van der Waals surface area contributed by atoms with Gasteiger partial charge in [-0.1, -0.05) is 78.9 Å². The van der Waals surface area contributed by atoms with Crippen molar-refractivity contribution in [3.63, 3.8) is 0 Å². The van der Waals surface area contributed by atoms with Crippen LogP contribution >= 0.6 is 0 Å². The van der Waals surface area contributed by atoms with Gasteiger partial charge in [0.2, 0.25) is 0 Å². The number of hydrogen-bond acceptors (Lipinski definition) is 3. The number of benzene rings is 4. The fraction of sp³-hybridized carbons (Fsp3) is 0.258. The number of carbonyl (C=O) groups excluding carboxylic acids is 1. The average molecular weight is 450 g/mol. The molecule has 1 N–H and O–H groups in total. The third-order valence-electron chi connectivity index (χ3n) is 7.26. The highest BCUT2D eigenvalue weighted by Crippen LogP contribution is 2.38. The van der Waals surface area contributed by atoms with Crippen LogP contribution < -0.4 is 5.32 Å². The summed E-state index contributed by atoms with van der Waals surface area (Å²) in [5.74, 6) is -0.0473. The van der Waals surface area contributed by atoms with Crippen molar-refractivity contribution in [2.45, 2.75) is 44.7 Å². The lowest BCUT2D eigenvalue weighted by atomic mass is 9.76. The lowest BCUT2D eigenvalue weighted by molar-refractivity contribution is 0.0599. The predicted molar refractivity (Wildman–Crippen MR) is 138 cm³/mol. The Labute approximate surface area is 201 Å². The van der Waals surface area contributed by atoms with E-state index < -0.39 is 0 Å². The van der Waals surface area contributed by atoms with Crippen LogP contribution in [-0.4, -0.2) is 19.1 Å². The Morgan fingerprint density at radius 2 is 1.74 bits per heavy atom. The summed E-state index contributed by atoms with van der Waals surface area (Å²) in [5.41, 5.74) is 6.83. The van der Waals surface area contributed by atoms with Crippen molar-refractivity contribution >= 4 is 16.7 Å². The molecule has 3 unspecified atom stereocenters. The SMILES string of the molecule is COC(=O)c1cc(C2CC(NC(C)c3cccc4ccccc34)Cc3ccccc32)ccc1C. The molecule has 0 saturated carbocycles. The molecule has 0 radical (unpaired) electrons. The third-order valence-corrected chi connectivity index (χ3v) is 7.26. The molecule has 3 heteroatoms. The first kappa shape index (κ1) is 22.4. The summed E-state index contributed by atoms with van der Waals surface area (Å²) in [6, 6.07) is 30.7. The first-order valence-corrected chi connectivity index (χ1v) is 12.1. The number of hydrogen-bond donors (Lipinski definition) is 1. The maximum atomic E-state index is 12.4. The zero-order chi connectivity index (χ0) is 23.7. The summed E-state index contributed by atoms with van der Waals surface area (Å²) >= 11 is 0. The van der Waals surface area contributed by atoms with E-state index in [1.54, 1.807) is 0 Å². The van der Waals surface area contributed by atoms with Crippen LogP contribution in [0.15, 0.2) is 84.9 Å². The molecular formula is C31H31NO2. The van der Waals surface area contributed by atoms with Gasteiger partial charge in [-0.15, -0.1) is 0 Å². The molecule has 1 aliphatic carbocycles. The Bertz CT molecular complexity index is 1340. The molecule has 4 aromatic rings. The Kier molecular flexibility index (Phi) is 6.21. The molecule has 0 aromatic heterocycles. The van der Waals surface area contributed by atoms with Crippen LogP contribution in [-0.2, 0) is 11.2 Å². The van der Waals surface area contributed by atoms with Gasteiger partial charge in [0.25, 0.3) is 0 Å². The topological polar surface area (TPSA) is 38.3 Å². The Morgan fingerprint density at radius 3 is 2.59 bits per heavy atom. The summed E-state index contributed by atoms with van der Waals surface area (Å²) in [6.45, 7) is 4.22. The molecule has 0 saturated heterocycles. The maximum absolute atomic E-state index is 12.4. The second kappa shape index (κ2) is 9.44. The zero-order valence-electron chi connectivity index (χ0n) is 20.0. The van der Waals surface area contributed by atoms with E-state index in [2.05, 4.69) is 85.0 Å². The van der Waals surface area contributed by atoms with Crippen LogP contribution in [0.2, 0.25) is 0 Å². The van der Waals surface area contributed by atoms with Crippen LogP contribution in [0.5, 0.6) is 0 Å². The van der Waals surface area contributed by atoms with Gasteiger partial charge in [0, 0.05) is 18.0 Å². The highest BCUT2D eigenvalue weighted by molar-refractivity contribution is 5.91. The van der Waals surface area contributed by atoms with E-state index in [1.165, 1.54) is 40.1 Å². The summed E-state index contributed by atoms with van der Waals surface area (Å²) in [4.78, 5) is 12.4. The molecule has 0 fully saturated rings.